The molecule has 1 heterocycles. The summed E-state index contributed by atoms with van der Waals surface area (Å²) < 4.78 is 47.9. The van der Waals surface area contributed by atoms with E-state index in [0.717, 1.165) is 12.5 Å². The number of nitrogens with zero attached hydrogens (tertiary/aromatic N) is 2. The lowest BCUT2D eigenvalue weighted by Crippen LogP contribution is -2.39. The SMILES string of the molecule is CCNC(=NCCCOC)NCCOc1ncc(C(F)(F)F)cc1Cl. The Bertz CT molecular complexity index is 556. The molecule has 0 radical (unpaired) electrons. The molecular formula is C15H22ClF3N4O2. The molecule has 0 unspecified atom stereocenters. The Labute approximate surface area is 149 Å². The topological polar surface area (TPSA) is 67.8 Å². The van der Waals surface area contributed by atoms with E-state index in [1.54, 1.807) is 7.11 Å². The van der Waals surface area contributed by atoms with Gasteiger partial charge in [-0.25, -0.2) is 4.98 Å². The minimum atomic E-state index is -4.49. The molecule has 0 atom stereocenters. The average Bonchev–Trinajstić information content (AvgIpc) is 2.55. The monoisotopic (exact) mass is 382 g/mol. The van der Waals surface area contributed by atoms with Gasteiger partial charge >= 0.3 is 6.18 Å². The molecular weight excluding hydrogens is 361 g/mol. The molecule has 142 valence electrons. The minimum Gasteiger partial charge on any atom is -0.475 e. The van der Waals surface area contributed by atoms with Crippen LogP contribution in [0.15, 0.2) is 17.3 Å². The first-order valence-corrected chi connectivity index (χ1v) is 8.13. The second-order valence-corrected chi connectivity index (χ2v) is 5.30. The highest BCUT2D eigenvalue weighted by Crippen LogP contribution is 2.32. The van der Waals surface area contributed by atoms with Gasteiger partial charge in [0.2, 0.25) is 5.88 Å². The van der Waals surface area contributed by atoms with E-state index in [1.807, 2.05) is 6.92 Å². The van der Waals surface area contributed by atoms with Gasteiger partial charge in [-0.15, -0.1) is 0 Å². The number of methoxy groups -OCH3 is 1. The van der Waals surface area contributed by atoms with E-state index < -0.39 is 11.7 Å². The minimum absolute atomic E-state index is 0.0431. The van der Waals surface area contributed by atoms with Crippen LogP contribution in [-0.2, 0) is 10.9 Å². The summed E-state index contributed by atoms with van der Waals surface area (Å²) in [6, 6.07) is 0.790. The summed E-state index contributed by atoms with van der Waals surface area (Å²) in [4.78, 5) is 7.95. The van der Waals surface area contributed by atoms with Crippen LogP contribution in [-0.4, -0.2) is 50.9 Å². The van der Waals surface area contributed by atoms with E-state index in [4.69, 9.17) is 21.1 Å². The Kier molecular flexibility index (Phi) is 9.36. The van der Waals surface area contributed by atoms with E-state index in [1.165, 1.54) is 0 Å². The van der Waals surface area contributed by atoms with Crippen molar-refractivity contribution in [1.82, 2.24) is 15.6 Å². The first-order chi connectivity index (χ1) is 11.9. The molecule has 6 nitrogen and oxygen atoms in total. The van der Waals surface area contributed by atoms with Gasteiger partial charge in [0.05, 0.1) is 12.1 Å². The number of pyridine rings is 1. The number of halogens is 4. The van der Waals surface area contributed by atoms with E-state index in [2.05, 4.69) is 20.6 Å². The molecule has 0 amide bonds. The summed E-state index contributed by atoms with van der Waals surface area (Å²) in [5.41, 5.74) is -0.916. The van der Waals surface area contributed by atoms with Crippen LogP contribution >= 0.6 is 11.6 Å². The second-order valence-electron chi connectivity index (χ2n) is 4.89. The molecule has 1 rings (SSSR count). The lowest BCUT2D eigenvalue weighted by molar-refractivity contribution is -0.137. The van der Waals surface area contributed by atoms with Gasteiger partial charge in [-0.05, 0) is 19.4 Å². The second kappa shape index (κ2) is 11.0. The summed E-state index contributed by atoms with van der Waals surface area (Å²) in [7, 11) is 1.63. The zero-order valence-corrected chi connectivity index (χ0v) is 14.9. The van der Waals surface area contributed by atoms with Gasteiger partial charge in [0.25, 0.3) is 0 Å². The maximum Gasteiger partial charge on any atom is 0.417 e. The Morgan fingerprint density at radius 2 is 2.08 bits per heavy atom. The van der Waals surface area contributed by atoms with Gasteiger partial charge in [-0.2, -0.15) is 13.2 Å². The van der Waals surface area contributed by atoms with Crippen LogP contribution in [0, 0.1) is 0 Å². The fourth-order valence-corrected chi connectivity index (χ4v) is 1.97. The van der Waals surface area contributed by atoms with Gasteiger partial charge < -0.3 is 20.1 Å². The number of alkyl halides is 3. The van der Waals surface area contributed by atoms with E-state index >= 15 is 0 Å². The molecule has 2 N–H and O–H groups in total. The maximum absolute atomic E-state index is 12.5. The molecule has 0 saturated carbocycles. The Balaban J connectivity index is 2.45. The number of guanidine groups is 1. The van der Waals surface area contributed by atoms with Crippen LogP contribution < -0.4 is 15.4 Å². The molecule has 0 bridgehead atoms. The maximum atomic E-state index is 12.5. The molecule has 0 fully saturated rings. The molecule has 0 aliphatic heterocycles. The number of hydrogen-bond donors (Lipinski definition) is 2. The highest BCUT2D eigenvalue weighted by atomic mass is 35.5. The van der Waals surface area contributed by atoms with Crippen LogP contribution in [0.5, 0.6) is 5.88 Å². The van der Waals surface area contributed by atoms with Crippen molar-refractivity contribution in [2.45, 2.75) is 19.5 Å². The predicted octanol–water partition coefficient (Wildman–Crippen LogP) is 2.72. The molecule has 0 aromatic carbocycles. The highest BCUT2D eigenvalue weighted by molar-refractivity contribution is 6.31. The normalized spacial score (nSPS) is 12.2. The summed E-state index contributed by atoms with van der Waals surface area (Å²) in [5.74, 6) is 0.576. The van der Waals surface area contributed by atoms with Gasteiger partial charge in [0, 0.05) is 33.0 Å². The third-order valence-electron chi connectivity index (χ3n) is 2.89. The number of aliphatic imine (C=N–C) groups is 1. The molecule has 25 heavy (non-hydrogen) atoms. The first-order valence-electron chi connectivity index (χ1n) is 7.75. The molecule has 0 saturated heterocycles. The van der Waals surface area contributed by atoms with Crippen molar-refractivity contribution in [2.75, 3.05) is 40.0 Å². The summed E-state index contributed by atoms with van der Waals surface area (Å²) in [6.45, 7) is 4.42. The van der Waals surface area contributed by atoms with Gasteiger partial charge in [0.1, 0.15) is 11.6 Å². The lowest BCUT2D eigenvalue weighted by atomic mass is 10.3. The largest absolute Gasteiger partial charge is 0.475 e. The molecule has 0 spiro atoms. The fourth-order valence-electron chi connectivity index (χ4n) is 1.75. The molecule has 0 aliphatic rings. The highest BCUT2D eigenvalue weighted by Gasteiger charge is 2.31. The van der Waals surface area contributed by atoms with Crippen molar-refractivity contribution in [3.05, 3.63) is 22.8 Å². The Morgan fingerprint density at radius 3 is 2.68 bits per heavy atom. The summed E-state index contributed by atoms with van der Waals surface area (Å²) >= 11 is 5.77. The number of hydrogen-bond acceptors (Lipinski definition) is 4. The Hall–Kier alpha value is -1.74. The zero-order valence-electron chi connectivity index (χ0n) is 14.1. The van der Waals surface area contributed by atoms with E-state index in [-0.39, 0.29) is 17.5 Å². The van der Waals surface area contributed by atoms with Gasteiger partial charge in [0.15, 0.2) is 5.96 Å². The number of ether oxygens (including phenoxy) is 2. The molecule has 10 heteroatoms. The lowest BCUT2D eigenvalue weighted by Gasteiger charge is -2.13. The number of aromatic nitrogens is 1. The first kappa shape index (κ1) is 21.3. The molecule has 1 aromatic rings. The van der Waals surface area contributed by atoms with Crippen molar-refractivity contribution < 1.29 is 22.6 Å². The van der Waals surface area contributed by atoms with Crippen LogP contribution in [0.4, 0.5) is 13.2 Å². The smallest absolute Gasteiger partial charge is 0.417 e. The summed E-state index contributed by atoms with van der Waals surface area (Å²) in [5, 5.41) is 5.93. The zero-order chi connectivity index (χ0) is 18.7. The van der Waals surface area contributed by atoms with E-state index in [0.29, 0.717) is 38.4 Å². The predicted molar refractivity (Wildman–Crippen MR) is 90.2 cm³/mol. The van der Waals surface area contributed by atoms with Gasteiger partial charge in [-0.3, -0.25) is 4.99 Å². The number of nitrogens with one attached hydrogen (secondary N) is 2. The standard InChI is InChI=1S/C15H22ClF3N4O2/c1-3-20-14(21-5-4-7-24-2)22-6-8-25-13-12(16)9-11(10-23-13)15(17,18)19/h9-10H,3-8H2,1-2H3,(H2,20,21,22). The third kappa shape index (κ3) is 8.26. The molecule has 1 aromatic heterocycles. The van der Waals surface area contributed by atoms with Crippen LogP contribution in [0.3, 0.4) is 0 Å². The fraction of sp³-hybridized carbons (Fsp3) is 0.600. The average molecular weight is 383 g/mol. The molecule has 0 aliphatic carbocycles. The van der Waals surface area contributed by atoms with Crippen molar-refractivity contribution in [3.8, 4) is 5.88 Å². The summed E-state index contributed by atoms with van der Waals surface area (Å²) in [6.07, 6.45) is -3.00. The van der Waals surface area contributed by atoms with Crippen LogP contribution in [0.1, 0.15) is 18.9 Å². The van der Waals surface area contributed by atoms with Crippen LogP contribution in [0.25, 0.3) is 0 Å². The third-order valence-corrected chi connectivity index (χ3v) is 3.16. The van der Waals surface area contributed by atoms with Crippen molar-refractivity contribution >= 4 is 17.6 Å². The van der Waals surface area contributed by atoms with Crippen molar-refractivity contribution in [3.63, 3.8) is 0 Å². The Morgan fingerprint density at radius 1 is 1.32 bits per heavy atom. The van der Waals surface area contributed by atoms with E-state index in [9.17, 15) is 13.2 Å². The van der Waals surface area contributed by atoms with Crippen molar-refractivity contribution in [2.24, 2.45) is 4.99 Å². The quantitative estimate of drug-likeness (QED) is 0.390. The van der Waals surface area contributed by atoms with Gasteiger partial charge in [-0.1, -0.05) is 11.6 Å². The van der Waals surface area contributed by atoms with Crippen LogP contribution in [0.2, 0.25) is 5.02 Å². The number of rotatable bonds is 9. The van der Waals surface area contributed by atoms with Crippen molar-refractivity contribution in [1.29, 1.82) is 0 Å².